The Balaban J connectivity index is 2.20. The molecule has 1 unspecified atom stereocenters. The molecule has 1 aliphatic heterocycles. The number of ether oxygens (including phenoxy) is 2. The van der Waals surface area contributed by atoms with Crippen LogP contribution in [0.2, 0.25) is 0 Å². The number of phenols is 1. The van der Waals surface area contributed by atoms with Gasteiger partial charge in [0.05, 0.1) is 19.3 Å². The average molecular weight is 293 g/mol. The Morgan fingerprint density at radius 2 is 2.19 bits per heavy atom. The van der Waals surface area contributed by atoms with Crippen LogP contribution in [0.4, 0.5) is 0 Å². The molecule has 114 valence electrons. The van der Waals surface area contributed by atoms with E-state index in [1.165, 1.54) is 24.1 Å². The van der Waals surface area contributed by atoms with E-state index in [1.54, 1.807) is 13.0 Å². The number of phenolic OH excluding ortho intramolecular Hbond substituents is 1. The van der Waals surface area contributed by atoms with Crippen LogP contribution in [0.25, 0.3) is 0 Å². The maximum absolute atomic E-state index is 12.5. The number of methoxy groups -OCH3 is 1. The predicted octanol–water partition coefficient (Wildman–Crippen LogP) is 1.57. The molecule has 2 rings (SSSR count). The van der Waals surface area contributed by atoms with Crippen LogP contribution in [0.1, 0.15) is 30.1 Å². The van der Waals surface area contributed by atoms with Crippen molar-refractivity contribution in [3.63, 3.8) is 0 Å². The molecule has 1 saturated heterocycles. The van der Waals surface area contributed by atoms with Gasteiger partial charge in [-0.1, -0.05) is 0 Å². The monoisotopic (exact) mass is 293 g/mol. The summed E-state index contributed by atoms with van der Waals surface area (Å²) in [6.45, 7) is 2.49. The van der Waals surface area contributed by atoms with E-state index in [9.17, 15) is 14.7 Å². The second-order valence-corrected chi connectivity index (χ2v) is 4.79. The normalized spacial score (nSPS) is 17.6. The Hall–Kier alpha value is -2.24. The first-order valence-corrected chi connectivity index (χ1v) is 6.93. The van der Waals surface area contributed by atoms with Crippen LogP contribution in [-0.4, -0.2) is 48.2 Å². The summed E-state index contributed by atoms with van der Waals surface area (Å²) in [4.78, 5) is 25.8. The second kappa shape index (κ2) is 6.47. The summed E-state index contributed by atoms with van der Waals surface area (Å²) in [6.07, 6.45) is 1.33. The molecule has 1 aliphatic rings. The Kier molecular flexibility index (Phi) is 4.67. The zero-order chi connectivity index (χ0) is 15.4. The minimum absolute atomic E-state index is 0.158. The van der Waals surface area contributed by atoms with Crippen LogP contribution in [0.15, 0.2) is 18.2 Å². The first-order valence-electron chi connectivity index (χ1n) is 6.93. The van der Waals surface area contributed by atoms with E-state index < -0.39 is 12.0 Å². The van der Waals surface area contributed by atoms with Gasteiger partial charge in [0.2, 0.25) is 0 Å². The Labute approximate surface area is 123 Å². The molecule has 1 heterocycles. The molecule has 0 saturated carbocycles. The van der Waals surface area contributed by atoms with Crippen molar-refractivity contribution in [2.45, 2.75) is 25.8 Å². The molecule has 0 bridgehead atoms. The lowest BCUT2D eigenvalue weighted by atomic mass is 10.1. The predicted molar refractivity (Wildman–Crippen MR) is 75.4 cm³/mol. The molecule has 1 atom stereocenters. The summed E-state index contributed by atoms with van der Waals surface area (Å²) in [5, 5.41) is 9.94. The molecule has 0 spiro atoms. The smallest absolute Gasteiger partial charge is 0.328 e. The highest BCUT2D eigenvalue weighted by molar-refractivity contribution is 5.99. The molecular formula is C15H19NO5. The summed E-state index contributed by atoms with van der Waals surface area (Å²) in [7, 11) is 1.48. The van der Waals surface area contributed by atoms with Crippen molar-refractivity contribution < 1.29 is 24.2 Å². The van der Waals surface area contributed by atoms with E-state index in [0.29, 0.717) is 18.7 Å². The van der Waals surface area contributed by atoms with Crippen molar-refractivity contribution in [3.05, 3.63) is 23.8 Å². The van der Waals surface area contributed by atoms with Crippen LogP contribution in [-0.2, 0) is 9.53 Å². The van der Waals surface area contributed by atoms with Gasteiger partial charge >= 0.3 is 5.97 Å². The molecule has 6 nitrogen and oxygen atoms in total. The molecule has 0 aromatic heterocycles. The van der Waals surface area contributed by atoms with E-state index in [2.05, 4.69) is 0 Å². The minimum Gasteiger partial charge on any atom is -0.507 e. The number of amides is 1. The molecule has 1 aromatic carbocycles. The zero-order valence-corrected chi connectivity index (χ0v) is 12.2. The van der Waals surface area contributed by atoms with Crippen molar-refractivity contribution in [1.29, 1.82) is 0 Å². The number of benzene rings is 1. The number of hydrogen-bond donors (Lipinski definition) is 1. The van der Waals surface area contributed by atoms with Gasteiger partial charge in [-0.25, -0.2) is 4.79 Å². The summed E-state index contributed by atoms with van der Waals surface area (Å²) >= 11 is 0. The van der Waals surface area contributed by atoms with E-state index >= 15 is 0 Å². The van der Waals surface area contributed by atoms with Crippen LogP contribution in [0, 0.1) is 0 Å². The maximum Gasteiger partial charge on any atom is 0.328 e. The molecule has 6 heteroatoms. The van der Waals surface area contributed by atoms with E-state index in [0.717, 1.165) is 6.42 Å². The maximum atomic E-state index is 12.5. The third-order valence-electron chi connectivity index (χ3n) is 3.51. The number of carbonyl (C=O) groups is 2. The van der Waals surface area contributed by atoms with Gasteiger partial charge in [0.15, 0.2) is 0 Å². The molecule has 1 aromatic rings. The summed E-state index contributed by atoms with van der Waals surface area (Å²) < 4.78 is 9.98. The van der Waals surface area contributed by atoms with Crippen molar-refractivity contribution in [2.75, 3.05) is 20.3 Å². The van der Waals surface area contributed by atoms with Crippen LogP contribution in [0.5, 0.6) is 11.5 Å². The summed E-state index contributed by atoms with van der Waals surface area (Å²) in [6, 6.07) is 3.90. The fraction of sp³-hybridized carbons (Fsp3) is 0.467. The fourth-order valence-electron chi connectivity index (χ4n) is 2.47. The van der Waals surface area contributed by atoms with E-state index in [4.69, 9.17) is 9.47 Å². The third-order valence-corrected chi connectivity index (χ3v) is 3.51. The number of hydrogen-bond acceptors (Lipinski definition) is 5. The molecule has 1 amide bonds. The first-order chi connectivity index (χ1) is 10.1. The van der Waals surface area contributed by atoms with Gasteiger partial charge in [-0.05, 0) is 31.9 Å². The highest BCUT2D eigenvalue weighted by Crippen LogP contribution is 2.28. The lowest BCUT2D eigenvalue weighted by Gasteiger charge is -2.23. The highest BCUT2D eigenvalue weighted by Gasteiger charge is 2.36. The number of carbonyl (C=O) groups excluding carboxylic acids is 2. The van der Waals surface area contributed by atoms with Gasteiger partial charge in [0.1, 0.15) is 17.5 Å². The largest absolute Gasteiger partial charge is 0.507 e. The molecule has 0 radical (unpaired) electrons. The SMILES string of the molecule is CCOC(=O)C1CCCN1C(=O)c1ccc(OC)cc1O. The standard InChI is InChI=1S/C15H19NO5/c1-3-21-15(19)12-5-4-8-16(12)14(18)11-7-6-10(20-2)9-13(11)17/h6-7,9,12,17H,3-5,8H2,1-2H3. The molecule has 0 aliphatic carbocycles. The number of rotatable bonds is 4. The summed E-state index contributed by atoms with van der Waals surface area (Å²) in [5.41, 5.74) is 0.159. The van der Waals surface area contributed by atoms with Crippen molar-refractivity contribution in [3.8, 4) is 11.5 Å². The molecule has 1 N–H and O–H groups in total. The van der Waals surface area contributed by atoms with Gasteiger partial charge in [0, 0.05) is 12.6 Å². The first kappa shape index (κ1) is 15.2. The van der Waals surface area contributed by atoms with Gasteiger partial charge in [-0.3, -0.25) is 4.79 Å². The lowest BCUT2D eigenvalue weighted by Crippen LogP contribution is -2.41. The van der Waals surface area contributed by atoms with Crippen LogP contribution >= 0.6 is 0 Å². The number of esters is 1. The highest BCUT2D eigenvalue weighted by atomic mass is 16.5. The number of likely N-dealkylation sites (tertiary alicyclic amines) is 1. The van der Waals surface area contributed by atoms with Gasteiger partial charge < -0.3 is 19.5 Å². The van der Waals surface area contributed by atoms with Crippen molar-refractivity contribution in [1.82, 2.24) is 4.90 Å². The Bertz CT molecular complexity index is 543. The topological polar surface area (TPSA) is 76.1 Å². The van der Waals surface area contributed by atoms with Crippen LogP contribution in [0.3, 0.4) is 0 Å². The summed E-state index contributed by atoms with van der Waals surface area (Å²) in [5.74, 6) is -0.455. The third kappa shape index (κ3) is 3.09. The average Bonchev–Trinajstić information content (AvgIpc) is 2.96. The lowest BCUT2D eigenvalue weighted by molar-refractivity contribution is -0.147. The number of aromatic hydroxyl groups is 1. The zero-order valence-electron chi connectivity index (χ0n) is 12.2. The van der Waals surface area contributed by atoms with E-state index in [1.807, 2.05) is 0 Å². The molecular weight excluding hydrogens is 274 g/mol. The van der Waals surface area contributed by atoms with E-state index in [-0.39, 0.29) is 23.8 Å². The van der Waals surface area contributed by atoms with Crippen molar-refractivity contribution >= 4 is 11.9 Å². The van der Waals surface area contributed by atoms with Crippen molar-refractivity contribution in [2.24, 2.45) is 0 Å². The second-order valence-electron chi connectivity index (χ2n) is 4.79. The quantitative estimate of drug-likeness (QED) is 0.853. The fourth-order valence-corrected chi connectivity index (χ4v) is 2.47. The van der Waals surface area contributed by atoms with Gasteiger partial charge in [-0.2, -0.15) is 0 Å². The number of nitrogens with zero attached hydrogens (tertiary/aromatic N) is 1. The Morgan fingerprint density at radius 1 is 1.43 bits per heavy atom. The van der Waals surface area contributed by atoms with Gasteiger partial charge in [-0.15, -0.1) is 0 Å². The minimum atomic E-state index is -0.570. The van der Waals surface area contributed by atoms with Crippen LogP contribution < -0.4 is 4.74 Å². The molecule has 21 heavy (non-hydrogen) atoms. The molecule has 1 fully saturated rings. The van der Waals surface area contributed by atoms with Gasteiger partial charge in [0.25, 0.3) is 5.91 Å². The Morgan fingerprint density at radius 3 is 2.81 bits per heavy atom.